The van der Waals surface area contributed by atoms with Gasteiger partial charge in [0.05, 0.1) is 5.39 Å². The van der Waals surface area contributed by atoms with Crippen LogP contribution in [0.5, 0.6) is 0 Å². The monoisotopic (exact) mass is 265 g/mol. The summed E-state index contributed by atoms with van der Waals surface area (Å²) >= 11 is 0. The van der Waals surface area contributed by atoms with E-state index in [-0.39, 0.29) is 6.04 Å². The van der Waals surface area contributed by atoms with Gasteiger partial charge in [-0.15, -0.1) is 6.58 Å². The fourth-order valence-corrected chi connectivity index (χ4v) is 2.32. The Morgan fingerprint density at radius 3 is 2.95 bits per heavy atom. The maximum Gasteiger partial charge on any atom is 0.258 e. The van der Waals surface area contributed by atoms with Crippen molar-refractivity contribution in [2.24, 2.45) is 5.73 Å². The molecule has 2 aromatic heterocycles. The van der Waals surface area contributed by atoms with Gasteiger partial charge in [-0.05, 0) is 24.1 Å². The van der Waals surface area contributed by atoms with Crippen molar-refractivity contribution in [1.29, 1.82) is 0 Å². The predicted molar refractivity (Wildman–Crippen MR) is 79.0 cm³/mol. The van der Waals surface area contributed by atoms with Crippen LogP contribution in [0, 0.1) is 0 Å². The molecule has 20 heavy (non-hydrogen) atoms. The van der Waals surface area contributed by atoms with Crippen LogP contribution in [0.25, 0.3) is 22.4 Å². The standard InChI is InChI=1S/C16H15N3O/c1-2-6-14(17)11-7-3-4-8-12(11)15-13-9-5-10-18-16(13)20-19-15/h2-5,7-10,14H,1,6,17H2. The van der Waals surface area contributed by atoms with Crippen molar-refractivity contribution < 1.29 is 4.52 Å². The van der Waals surface area contributed by atoms with Crippen molar-refractivity contribution in [3.8, 4) is 11.3 Å². The third-order valence-electron chi connectivity index (χ3n) is 3.29. The zero-order chi connectivity index (χ0) is 13.9. The van der Waals surface area contributed by atoms with Crippen molar-refractivity contribution in [2.75, 3.05) is 0 Å². The normalized spacial score (nSPS) is 12.4. The van der Waals surface area contributed by atoms with Gasteiger partial charge in [0, 0.05) is 17.8 Å². The number of pyridine rings is 1. The Labute approximate surface area is 116 Å². The molecule has 1 unspecified atom stereocenters. The Hall–Kier alpha value is -2.46. The van der Waals surface area contributed by atoms with Gasteiger partial charge in [0.25, 0.3) is 5.71 Å². The predicted octanol–water partition coefficient (Wildman–Crippen LogP) is 3.47. The molecule has 0 aliphatic heterocycles. The van der Waals surface area contributed by atoms with E-state index in [1.807, 2.05) is 42.5 Å². The first-order valence-electron chi connectivity index (χ1n) is 6.47. The van der Waals surface area contributed by atoms with E-state index < -0.39 is 0 Å². The lowest BCUT2D eigenvalue weighted by Gasteiger charge is -2.13. The van der Waals surface area contributed by atoms with Crippen molar-refractivity contribution in [1.82, 2.24) is 10.1 Å². The van der Waals surface area contributed by atoms with Gasteiger partial charge in [-0.3, -0.25) is 0 Å². The fraction of sp³-hybridized carbons (Fsp3) is 0.125. The van der Waals surface area contributed by atoms with Gasteiger partial charge in [-0.25, -0.2) is 4.98 Å². The number of nitrogens with two attached hydrogens (primary N) is 1. The molecule has 2 N–H and O–H groups in total. The number of hydrogen-bond acceptors (Lipinski definition) is 4. The highest BCUT2D eigenvalue weighted by atomic mass is 16.5. The molecular weight excluding hydrogens is 250 g/mol. The largest absolute Gasteiger partial charge is 0.335 e. The quantitative estimate of drug-likeness (QED) is 0.733. The molecule has 1 aromatic carbocycles. The summed E-state index contributed by atoms with van der Waals surface area (Å²) in [5.74, 6) is 0. The topological polar surface area (TPSA) is 64.9 Å². The molecule has 2 heterocycles. The highest BCUT2D eigenvalue weighted by molar-refractivity contribution is 5.90. The van der Waals surface area contributed by atoms with Crippen LogP contribution in [0.3, 0.4) is 0 Å². The number of aromatic nitrogens is 2. The molecule has 0 saturated carbocycles. The lowest BCUT2D eigenvalue weighted by Crippen LogP contribution is -2.10. The summed E-state index contributed by atoms with van der Waals surface area (Å²) in [5, 5.41) is 5.04. The summed E-state index contributed by atoms with van der Waals surface area (Å²) in [4.78, 5) is 4.16. The van der Waals surface area contributed by atoms with E-state index in [4.69, 9.17) is 10.3 Å². The van der Waals surface area contributed by atoms with Crippen molar-refractivity contribution in [2.45, 2.75) is 12.5 Å². The molecule has 0 amide bonds. The van der Waals surface area contributed by atoms with Crippen LogP contribution in [0.1, 0.15) is 18.0 Å². The molecule has 1 atom stereocenters. The molecule has 0 aliphatic rings. The Morgan fingerprint density at radius 1 is 1.25 bits per heavy atom. The molecule has 0 fully saturated rings. The minimum Gasteiger partial charge on any atom is -0.335 e. The van der Waals surface area contributed by atoms with Crippen LogP contribution in [-0.4, -0.2) is 10.1 Å². The maximum atomic E-state index is 6.21. The van der Waals surface area contributed by atoms with Crippen LogP contribution in [0.2, 0.25) is 0 Å². The van der Waals surface area contributed by atoms with E-state index in [0.717, 1.165) is 22.2 Å². The van der Waals surface area contributed by atoms with Crippen molar-refractivity contribution in [3.63, 3.8) is 0 Å². The number of hydrogen-bond donors (Lipinski definition) is 1. The molecule has 0 radical (unpaired) electrons. The Kier molecular flexibility index (Phi) is 3.31. The van der Waals surface area contributed by atoms with Crippen LogP contribution in [0.15, 0.2) is 59.8 Å². The number of benzene rings is 1. The molecule has 3 aromatic rings. The lowest BCUT2D eigenvalue weighted by atomic mass is 9.95. The van der Waals surface area contributed by atoms with Crippen molar-refractivity contribution >= 4 is 11.1 Å². The van der Waals surface area contributed by atoms with E-state index >= 15 is 0 Å². The molecular formula is C16H15N3O. The number of nitrogens with zero attached hydrogens (tertiary/aromatic N) is 2. The van der Waals surface area contributed by atoms with E-state index in [1.54, 1.807) is 6.20 Å². The zero-order valence-corrected chi connectivity index (χ0v) is 11.0. The van der Waals surface area contributed by atoms with Crippen LogP contribution >= 0.6 is 0 Å². The summed E-state index contributed by atoms with van der Waals surface area (Å²) in [6.45, 7) is 3.74. The van der Waals surface area contributed by atoms with Gasteiger partial charge in [0.2, 0.25) is 0 Å². The first kappa shape index (κ1) is 12.6. The Bertz CT molecular complexity index is 748. The minimum absolute atomic E-state index is 0.105. The summed E-state index contributed by atoms with van der Waals surface area (Å²) in [5.41, 5.74) is 9.54. The first-order valence-corrected chi connectivity index (χ1v) is 6.47. The third kappa shape index (κ3) is 2.10. The molecule has 3 rings (SSSR count). The van der Waals surface area contributed by atoms with Gasteiger partial charge in [-0.1, -0.05) is 35.5 Å². The average molecular weight is 265 g/mol. The molecule has 0 bridgehead atoms. The minimum atomic E-state index is -0.105. The molecule has 0 spiro atoms. The second-order valence-corrected chi connectivity index (χ2v) is 4.61. The molecule has 4 nitrogen and oxygen atoms in total. The molecule has 100 valence electrons. The maximum absolute atomic E-state index is 6.21. The zero-order valence-electron chi connectivity index (χ0n) is 11.0. The van der Waals surface area contributed by atoms with Crippen LogP contribution in [0.4, 0.5) is 0 Å². The summed E-state index contributed by atoms with van der Waals surface area (Å²) in [7, 11) is 0. The summed E-state index contributed by atoms with van der Waals surface area (Å²) < 4.78 is 5.28. The highest BCUT2D eigenvalue weighted by Crippen LogP contribution is 2.32. The number of fused-ring (bicyclic) bond motifs is 1. The Morgan fingerprint density at radius 2 is 2.10 bits per heavy atom. The van der Waals surface area contributed by atoms with E-state index in [2.05, 4.69) is 16.7 Å². The smallest absolute Gasteiger partial charge is 0.258 e. The fourth-order valence-electron chi connectivity index (χ4n) is 2.32. The second-order valence-electron chi connectivity index (χ2n) is 4.61. The number of rotatable bonds is 4. The van der Waals surface area contributed by atoms with Gasteiger partial charge in [0.15, 0.2) is 0 Å². The van der Waals surface area contributed by atoms with Crippen LogP contribution in [-0.2, 0) is 0 Å². The average Bonchev–Trinajstić information content (AvgIpc) is 2.91. The van der Waals surface area contributed by atoms with Crippen LogP contribution < -0.4 is 5.73 Å². The highest BCUT2D eigenvalue weighted by Gasteiger charge is 2.16. The molecule has 0 aliphatic carbocycles. The van der Waals surface area contributed by atoms with E-state index in [9.17, 15) is 0 Å². The van der Waals surface area contributed by atoms with E-state index in [1.165, 1.54) is 0 Å². The summed E-state index contributed by atoms with van der Waals surface area (Å²) in [6, 6.07) is 11.7. The third-order valence-corrected chi connectivity index (χ3v) is 3.29. The van der Waals surface area contributed by atoms with Gasteiger partial charge >= 0.3 is 0 Å². The molecule has 4 heteroatoms. The van der Waals surface area contributed by atoms with Gasteiger partial charge in [0.1, 0.15) is 5.69 Å². The lowest BCUT2D eigenvalue weighted by molar-refractivity contribution is 0.451. The molecule has 0 saturated heterocycles. The van der Waals surface area contributed by atoms with Gasteiger partial charge in [-0.2, -0.15) is 0 Å². The van der Waals surface area contributed by atoms with Crippen molar-refractivity contribution in [3.05, 3.63) is 60.8 Å². The first-order chi connectivity index (χ1) is 9.81. The van der Waals surface area contributed by atoms with Gasteiger partial charge < -0.3 is 10.3 Å². The SMILES string of the molecule is C=CCC(N)c1ccccc1-c1noc2ncccc12. The second kappa shape index (κ2) is 5.27. The Balaban J connectivity index is 2.17. The van der Waals surface area contributed by atoms with E-state index in [0.29, 0.717) is 12.1 Å². The summed E-state index contributed by atoms with van der Waals surface area (Å²) in [6.07, 6.45) is 4.22.